The van der Waals surface area contributed by atoms with Crippen molar-refractivity contribution >= 4 is 18.0 Å². The zero-order valence-corrected chi connectivity index (χ0v) is 16.4. The maximum atomic E-state index is 12.5. The number of benzene rings is 2. The third-order valence-corrected chi connectivity index (χ3v) is 4.18. The number of methoxy groups -OCH3 is 1. The van der Waals surface area contributed by atoms with E-state index in [1.54, 1.807) is 43.5 Å². The highest BCUT2D eigenvalue weighted by Gasteiger charge is 2.15. The van der Waals surface area contributed by atoms with Gasteiger partial charge in [0.05, 0.1) is 13.2 Å². The number of ether oxygens (including phenoxy) is 2. The van der Waals surface area contributed by atoms with Crippen molar-refractivity contribution in [2.75, 3.05) is 7.11 Å². The Morgan fingerprint density at radius 3 is 2.17 bits per heavy atom. The Morgan fingerprint density at radius 2 is 1.66 bits per heavy atom. The molecular formula is C22H22N2O5. The highest BCUT2D eigenvalue weighted by molar-refractivity contribution is 6.01. The van der Waals surface area contributed by atoms with Crippen LogP contribution in [0.3, 0.4) is 0 Å². The number of amides is 1. The summed E-state index contributed by atoms with van der Waals surface area (Å²) >= 11 is 0. The first-order chi connectivity index (χ1) is 13.8. The number of carboxylic acid groups (broad SMARTS) is 1. The summed E-state index contributed by atoms with van der Waals surface area (Å²) < 4.78 is 10.4. The molecule has 2 aromatic carbocycles. The average Bonchev–Trinajstić information content (AvgIpc) is 2.72. The predicted octanol–water partition coefficient (Wildman–Crippen LogP) is 3.33. The fraction of sp³-hybridized carbons (Fsp3) is 0.227. The van der Waals surface area contributed by atoms with Gasteiger partial charge in [0.1, 0.15) is 23.1 Å². The van der Waals surface area contributed by atoms with Gasteiger partial charge in [0, 0.05) is 0 Å². The van der Waals surface area contributed by atoms with Gasteiger partial charge in [-0.2, -0.15) is 5.26 Å². The van der Waals surface area contributed by atoms with E-state index < -0.39 is 18.0 Å². The Kier molecular flexibility index (Phi) is 7.38. The Labute approximate surface area is 169 Å². The fourth-order valence-electron chi connectivity index (χ4n) is 2.46. The minimum Gasteiger partial charge on any atom is -0.497 e. The summed E-state index contributed by atoms with van der Waals surface area (Å²) in [4.78, 5) is 23.3. The van der Waals surface area contributed by atoms with Crippen LogP contribution in [0.4, 0.5) is 0 Å². The molecule has 2 aromatic rings. The summed E-state index contributed by atoms with van der Waals surface area (Å²) in [5.74, 6) is -0.456. The van der Waals surface area contributed by atoms with E-state index in [9.17, 15) is 14.9 Å². The van der Waals surface area contributed by atoms with Gasteiger partial charge in [-0.15, -0.1) is 0 Å². The normalized spacial score (nSPS) is 13.0. The van der Waals surface area contributed by atoms with Crippen LogP contribution in [-0.2, 0) is 9.59 Å². The number of carbonyl (C=O) groups excluding carboxylic acids is 1. The van der Waals surface area contributed by atoms with E-state index in [1.165, 1.54) is 13.0 Å². The molecule has 1 amide bonds. The lowest BCUT2D eigenvalue weighted by Gasteiger charge is -2.14. The number of nitriles is 1. The molecule has 7 heteroatoms. The van der Waals surface area contributed by atoms with Crippen molar-refractivity contribution in [1.82, 2.24) is 5.32 Å². The molecule has 0 fully saturated rings. The lowest BCUT2D eigenvalue weighted by Crippen LogP contribution is -2.27. The second-order valence-electron chi connectivity index (χ2n) is 6.31. The third-order valence-electron chi connectivity index (χ3n) is 4.18. The molecule has 0 spiro atoms. The SMILES string of the molecule is COc1ccc(C(C)NC(=O)/C(C#N)=C\c2ccc(OC(C)C(=O)O)cc2)cc1. The maximum absolute atomic E-state index is 12.5. The van der Waals surface area contributed by atoms with Crippen LogP contribution in [-0.4, -0.2) is 30.2 Å². The molecule has 0 heterocycles. The van der Waals surface area contributed by atoms with Crippen LogP contribution in [0.5, 0.6) is 11.5 Å². The summed E-state index contributed by atoms with van der Waals surface area (Å²) in [7, 11) is 1.58. The first-order valence-electron chi connectivity index (χ1n) is 8.90. The third kappa shape index (κ3) is 6.11. The highest BCUT2D eigenvalue weighted by atomic mass is 16.5. The van der Waals surface area contributed by atoms with E-state index in [1.807, 2.05) is 25.1 Å². The zero-order valence-electron chi connectivity index (χ0n) is 16.4. The molecule has 0 aromatic heterocycles. The van der Waals surface area contributed by atoms with Crippen LogP contribution in [0.2, 0.25) is 0 Å². The molecule has 0 aliphatic rings. The Bertz CT molecular complexity index is 927. The molecule has 0 saturated heterocycles. The molecule has 2 N–H and O–H groups in total. The van der Waals surface area contributed by atoms with Gasteiger partial charge in [-0.05, 0) is 55.3 Å². The summed E-state index contributed by atoms with van der Waals surface area (Å²) in [6.07, 6.45) is 0.483. The second kappa shape index (κ2) is 9.95. The number of nitrogens with one attached hydrogen (secondary N) is 1. The predicted molar refractivity (Wildman–Crippen MR) is 107 cm³/mol. The highest BCUT2D eigenvalue weighted by Crippen LogP contribution is 2.19. The average molecular weight is 394 g/mol. The molecule has 0 radical (unpaired) electrons. The quantitative estimate of drug-likeness (QED) is 0.525. The Hall–Kier alpha value is -3.79. The molecule has 29 heavy (non-hydrogen) atoms. The van der Waals surface area contributed by atoms with Crippen molar-refractivity contribution in [2.24, 2.45) is 0 Å². The van der Waals surface area contributed by atoms with Crippen molar-refractivity contribution in [3.05, 3.63) is 65.2 Å². The van der Waals surface area contributed by atoms with E-state index in [0.717, 1.165) is 11.3 Å². The molecule has 150 valence electrons. The number of rotatable bonds is 8. The fourth-order valence-corrected chi connectivity index (χ4v) is 2.46. The van der Waals surface area contributed by atoms with E-state index in [2.05, 4.69) is 5.32 Å². The number of hydrogen-bond donors (Lipinski definition) is 2. The summed E-state index contributed by atoms with van der Waals surface area (Å²) in [5, 5.41) is 21.0. The molecule has 7 nitrogen and oxygen atoms in total. The van der Waals surface area contributed by atoms with E-state index in [4.69, 9.17) is 14.6 Å². The van der Waals surface area contributed by atoms with Crippen LogP contribution >= 0.6 is 0 Å². The van der Waals surface area contributed by atoms with Gasteiger partial charge < -0.3 is 19.9 Å². The van der Waals surface area contributed by atoms with Crippen LogP contribution in [0.15, 0.2) is 54.1 Å². The van der Waals surface area contributed by atoms with Gasteiger partial charge in [-0.3, -0.25) is 4.79 Å². The van der Waals surface area contributed by atoms with Gasteiger partial charge in [0.25, 0.3) is 5.91 Å². The molecule has 0 saturated carbocycles. The van der Waals surface area contributed by atoms with Crippen LogP contribution < -0.4 is 14.8 Å². The van der Waals surface area contributed by atoms with Crippen molar-refractivity contribution in [1.29, 1.82) is 5.26 Å². The summed E-state index contributed by atoms with van der Waals surface area (Å²) in [5.41, 5.74) is 1.45. The van der Waals surface area contributed by atoms with Crippen LogP contribution in [0, 0.1) is 11.3 Å². The number of hydrogen-bond acceptors (Lipinski definition) is 5. The molecule has 0 aliphatic heterocycles. The van der Waals surface area contributed by atoms with Crippen molar-refractivity contribution in [3.63, 3.8) is 0 Å². The van der Waals surface area contributed by atoms with E-state index in [-0.39, 0.29) is 11.6 Å². The largest absolute Gasteiger partial charge is 0.497 e. The van der Waals surface area contributed by atoms with Crippen molar-refractivity contribution in [3.8, 4) is 17.6 Å². The summed E-state index contributed by atoms with van der Waals surface area (Å²) in [6.45, 7) is 3.25. The van der Waals surface area contributed by atoms with Crippen molar-refractivity contribution < 1.29 is 24.2 Å². The topological polar surface area (TPSA) is 109 Å². The monoisotopic (exact) mass is 394 g/mol. The van der Waals surface area contributed by atoms with Gasteiger partial charge >= 0.3 is 5.97 Å². The molecule has 2 unspecified atom stereocenters. The van der Waals surface area contributed by atoms with Gasteiger partial charge in [-0.25, -0.2) is 4.79 Å². The molecule has 2 atom stereocenters. The minimum absolute atomic E-state index is 0.0436. The summed E-state index contributed by atoms with van der Waals surface area (Å²) in [6, 6.07) is 15.3. The molecule has 2 rings (SSSR count). The minimum atomic E-state index is -1.07. The lowest BCUT2D eigenvalue weighted by atomic mass is 10.1. The van der Waals surface area contributed by atoms with Gasteiger partial charge in [0.2, 0.25) is 0 Å². The first kappa shape index (κ1) is 21.5. The molecule has 0 bridgehead atoms. The lowest BCUT2D eigenvalue weighted by molar-refractivity contribution is -0.144. The number of carbonyl (C=O) groups is 2. The van der Waals surface area contributed by atoms with Crippen LogP contribution in [0.1, 0.15) is 31.0 Å². The van der Waals surface area contributed by atoms with Crippen LogP contribution in [0.25, 0.3) is 6.08 Å². The number of aliphatic carboxylic acids is 1. The Morgan fingerprint density at radius 1 is 1.07 bits per heavy atom. The number of nitrogens with zero attached hydrogens (tertiary/aromatic N) is 1. The maximum Gasteiger partial charge on any atom is 0.344 e. The van der Waals surface area contributed by atoms with E-state index in [0.29, 0.717) is 11.3 Å². The smallest absolute Gasteiger partial charge is 0.344 e. The first-order valence-corrected chi connectivity index (χ1v) is 8.90. The van der Waals surface area contributed by atoms with E-state index >= 15 is 0 Å². The van der Waals surface area contributed by atoms with Crippen molar-refractivity contribution in [2.45, 2.75) is 26.0 Å². The number of carboxylic acids is 1. The second-order valence-corrected chi connectivity index (χ2v) is 6.31. The molecular weight excluding hydrogens is 372 g/mol. The van der Waals surface area contributed by atoms with Gasteiger partial charge in [0.15, 0.2) is 6.10 Å². The Balaban J connectivity index is 2.07. The molecule has 0 aliphatic carbocycles. The zero-order chi connectivity index (χ0) is 21.4. The van der Waals surface area contributed by atoms with Gasteiger partial charge in [-0.1, -0.05) is 24.3 Å². The standard InChI is InChI=1S/C22H22N2O5/c1-14(17-6-10-19(28-3)11-7-17)24-21(25)18(13-23)12-16-4-8-20(9-5-16)29-15(2)22(26)27/h4-12,14-15H,1-3H3,(H,24,25)(H,26,27)/b18-12-.